The molecule has 0 aromatic heterocycles. The molecule has 166 valence electrons. The number of para-hydroxylation sites is 2. The van der Waals surface area contributed by atoms with E-state index in [-0.39, 0.29) is 23.1 Å². The van der Waals surface area contributed by atoms with Crippen molar-refractivity contribution in [1.29, 1.82) is 0 Å². The summed E-state index contributed by atoms with van der Waals surface area (Å²) in [7, 11) is 0. The molecular formula is C27H23FN2O3. The zero-order chi connectivity index (χ0) is 23.1. The molecule has 6 heteroatoms. The minimum atomic E-state index is -0.623. The second-order valence-electron chi connectivity index (χ2n) is 8.34. The van der Waals surface area contributed by atoms with E-state index in [1.54, 1.807) is 30.3 Å². The number of fused-ring (bicyclic) bond motifs is 1. The maximum atomic E-state index is 14.6. The smallest absolute Gasteiger partial charge is 0.282 e. The van der Waals surface area contributed by atoms with E-state index in [9.17, 15) is 14.0 Å². The van der Waals surface area contributed by atoms with Crippen LogP contribution < -0.4 is 14.5 Å². The zero-order valence-electron chi connectivity index (χ0n) is 18.4. The quantitative estimate of drug-likeness (QED) is 0.524. The summed E-state index contributed by atoms with van der Waals surface area (Å²) in [5.74, 6) is -1.02. The van der Waals surface area contributed by atoms with Crippen molar-refractivity contribution < 1.29 is 18.7 Å². The molecule has 0 aliphatic carbocycles. The lowest BCUT2D eigenvalue weighted by Gasteiger charge is -2.22. The molecule has 5 rings (SSSR count). The Morgan fingerprint density at radius 1 is 0.848 bits per heavy atom. The fourth-order valence-electron chi connectivity index (χ4n) is 4.42. The van der Waals surface area contributed by atoms with Gasteiger partial charge in [-0.1, -0.05) is 42.5 Å². The molecule has 5 nitrogen and oxygen atoms in total. The summed E-state index contributed by atoms with van der Waals surface area (Å²) in [6.07, 6.45) is 0.771. The molecule has 0 spiro atoms. The van der Waals surface area contributed by atoms with Gasteiger partial charge in [-0.2, -0.15) is 0 Å². The molecule has 2 amide bonds. The van der Waals surface area contributed by atoms with E-state index < -0.39 is 17.6 Å². The number of hydrogen-bond donors (Lipinski definition) is 0. The van der Waals surface area contributed by atoms with Crippen LogP contribution in [0.5, 0.6) is 5.75 Å². The third-order valence-corrected chi connectivity index (χ3v) is 5.82. The molecule has 3 aromatic carbocycles. The highest BCUT2D eigenvalue weighted by Gasteiger charge is 2.44. The van der Waals surface area contributed by atoms with Crippen LogP contribution in [0.2, 0.25) is 0 Å². The number of amides is 2. The number of rotatable bonds is 5. The number of carbonyl (C=O) groups excluding carboxylic acids is 2. The fraction of sp³-hybridized carbons (Fsp3) is 0.185. The van der Waals surface area contributed by atoms with Crippen LogP contribution in [0.15, 0.2) is 78.5 Å². The Labute approximate surface area is 191 Å². The fourth-order valence-corrected chi connectivity index (χ4v) is 4.42. The molecule has 0 unspecified atom stereocenters. The van der Waals surface area contributed by atoms with Crippen LogP contribution >= 0.6 is 0 Å². The predicted octanol–water partition coefficient (Wildman–Crippen LogP) is 4.96. The van der Waals surface area contributed by atoms with Crippen molar-refractivity contribution in [2.75, 3.05) is 16.3 Å². The Kier molecular flexibility index (Phi) is 5.21. The van der Waals surface area contributed by atoms with E-state index in [4.69, 9.17) is 4.74 Å². The molecule has 2 heterocycles. The average Bonchev–Trinajstić information content (AvgIpc) is 3.33. The molecule has 0 radical (unpaired) electrons. The van der Waals surface area contributed by atoms with Gasteiger partial charge in [0.25, 0.3) is 11.8 Å². The van der Waals surface area contributed by atoms with E-state index in [0.717, 1.165) is 22.6 Å². The van der Waals surface area contributed by atoms with Gasteiger partial charge >= 0.3 is 0 Å². The molecule has 33 heavy (non-hydrogen) atoms. The van der Waals surface area contributed by atoms with Crippen LogP contribution in [-0.2, 0) is 16.0 Å². The number of benzene rings is 3. The van der Waals surface area contributed by atoms with Crippen LogP contribution in [-0.4, -0.2) is 24.5 Å². The largest absolute Gasteiger partial charge is 0.491 e. The Bertz CT molecular complexity index is 1280. The van der Waals surface area contributed by atoms with Crippen molar-refractivity contribution in [3.63, 3.8) is 0 Å². The maximum absolute atomic E-state index is 14.6. The number of imide groups is 1. The summed E-state index contributed by atoms with van der Waals surface area (Å²) >= 11 is 0. The first-order valence-corrected chi connectivity index (χ1v) is 11.0. The highest BCUT2D eigenvalue weighted by atomic mass is 19.1. The topological polar surface area (TPSA) is 49.9 Å². The van der Waals surface area contributed by atoms with Crippen LogP contribution in [0.4, 0.5) is 15.8 Å². The van der Waals surface area contributed by atoms with Gasteiger partial charge in [-0.05, 0) is 61.7 Å². The molecule has 0 saturated carbocycles. The molecule has 3 aromatic rings. The minimum Gasteiger partial charge on any atom is -0.491 e. The monoisotopic (exact) mass is 442 g/mol. The average molecular weight is 442 g/mol. The van der Waals surface area contributed by atoms with E-state index in [2.05, 4.69) is 0 Å². The predicted molar refractivity (Wildman–Crippen MR) is 126 cm³/mol. The first-order valence-electron chi connectivity index (χ1n) is 11.0. The molecule has 2 aliphatic heterocycles. The second-order valence-corrected chi connectivity index (χ2v) is 8.34. The Morgan fingerprint density at radius 2 is 1.52 bits per heavy atom. The third-order valence-electron chi connectivity index (χ3n) is 5.82. The number of carbonyl (C=O) groups is 2. The molecule has 0 fully saturated rings. The maximum Gasteiger partial charge on any atom is 0.282 e. The van der Waals surface area contributed by atoms with Crippen molar-refractivity contribution in [2.45, 2.75) is 26.4 Å². The zero-order valence-corrected chi connectivity index (χ0v) is 18.4. The van der Waals surface area contributed by atoms with Crippen molar-refractivity contribution in [3.8, 4) is 5.75 Å². The molecule has 0 bridgehead atoms. The molecular weight excluding hydrogens is 419 g/mol. The van der Waals surface area contributed by atoms with Crippen molar-refractivity contribution in [1.82, 2.24) is 0 Å². The Morgan fingerprint density at radius 3 is 2.21 bits per heavy atom. The summed E-state index contributed by atoms with van der Waals surface area (Å²) in [4.78, 5) is 30.1. The van der Waals surface area contributed by atoms with Gasteiger partial charge in [-0.25, -0.2) is 9.29 Å². The Balaban J connectivity index is 1.65. The summed E-state index contributed by atoms with van der Waals surface area (Å²) in [5, 5.41) is 0. The number of halogens is 1. The highest BCUT2D eigenvalue weighted by molar-refractivity contribution is 6.46. The van der Waals surface area contributed by atoms with Crippen LogP contribution in [0.25, 0.3) is 5.57 Å². The SMILES string of the molecule is CC(C)Oc1ccc(C2=C(N3CCc4ccccc43)C(=O)N(c3ccccc3F)C2=O)cc1. The first kappa shape index (κ1) is 20.9. The van der Waals surface area contributed by atoms with E-state index >= 15 is 0 Å². The molecule has 2 aliphatic rings. The van der Waals surface area contributed by atoms with Crippen LogP contribution in [0.1, 0.15) is 25.0 Å². The lowest BCUT2D eigenvalue weighted by molar-refractivity contribution is -0.120. The van der Waals surface area contributed by atoms with Gasteiger partial charge in [-0.15, -0.1) is 0 Å². The van der Waals surface area contributed by atoms with Crippen molar-refractivity contribution in [3.05, 3.63) is 95.4 Å². The second kappa shape index (κ2) is 8.20. The van der Waals surface area contributed by atoms with Gasteiger partial charge in [0, 0.05) is 12.2 Å². The number of anilines is 2. The molecule has 0 saturated heterocycles. The van der Waals surface area contributed by atoms with Crippen molar-refractivity contribution >= 4 is 28.8 Å². The Hall–Kier alpha value is -3.93. The van der Waals surface area contributed by atoms with Crippen LogP contribution in [0.3, 0.4) is 0 Å². The summed E-state index contributed by atoms with van der Waals surface area (Å²) in [6.45, 7) is 4.44. The molecule has 0 atom stereocenters. The summed E-state index contributed by atoms with van der Waals surface area (Å²) in [5.41, 5.74) is 3.06. The molecule has 0 N–H and O–H groups in total. The summed E-state index contributed by atoms with van der Waals surface area (Å²) in [6, 6.07) is 20.8. The van der Waals surface area contributed by atoms with E-state index in [1.807, 2.05) is 43.0 Å². The van der Waals surface area contributed by atoms with Gasteiger partial charge in [0.15, 0.2) is 0 Å². The number of ether oxygens (including phenoxy) is 1. The number of nitrogens with zero attached hydrogens (tertiary/aromatic N) is 2. The first-order chi connectivity index (χ1) is 16.0. The minimum absolute atomic E-state index is 0.0120. The van der Waals surface area contributed by atoms with Gasteiger partial charge in [-0.3, -0.25) is 9.59 Å². The van der Waals surface area contributed by atoms with E-state index in [0.29, 0.717) is 17.9 Å². The van der Waals surface area contributed by atoms with Gasteiger partial charge in [0.1, 0.15) is 17.3 Å². The number of hydrogen-bond acceptors (Lipinski definition) is 4. The van der Waals surface area contributed by atoms with E-state index in [1.165, 1.54) is 18.2 Å². The van der Waals surface area contributed by atoms with Gasteiger partial charge in [0.05, 0.1) is 17.4 Å². The normalized spacial score (nSPS) is 15.6. The van der Waals surface area contributed by atoms with Gasteiger partial charge in [0.2, 0.25) is 0 Å². The lowest BCUT2D eigenvalue weighted by atomic mass is 10.0. The van der Waals surface area contributed by atoms with Crippen molar-refractivity contribution in [2.24, 2.45) is 0 Å². The standard InChI is InChI=1S/C27H23FN2O3/c1-17(2)33-20-13-11-19(12-14-20)24-25(29-16-15-18-7-3-5-9-22(18)29)27(32)30(26(24)31)23-10-6-4-8-21(23)28/h3-14,17H,15-16H2,1-2H3. The lowest BCUT2D eigenvalue weighted by Crippen LogP contribution is -2.35. The van der Waals surface area contributed by atoms with Gasteiger partial charge < -0.3 is 9.64 Å². The highest BCUT2D eigenvalue weighted by Crippen LogP contribution is 2.40. The third kappa shape index (κ3) is 3.57. The van der Waals surface area contributed by atoms with Crippen LogP contribution in [0, 0.1) is 5.82 Å². The summed E-state index contributed by atoms with van der Waals surface area (Å²) < 4.78 is 20.4.